The summed E-state index contributed by atoms with van der Waals surface area (Å²) in [5.74, 6) is -0.147. The fraction of sp³-hybridized carbons (Fsp3) is 0.278. The number of anilines is 1. The zero-order chi connectivity index (χ0) is 18.2. The Morgan fingerprint density at radius 2 is 1.76 bits per heavy atom. The lowest BCUT2D eigenvalue weighted by molar-refractivity contribution is 0.0659. The summed E-state index contributed by atoms with van der Waals surface area (Å²) in [6.45, 7) is 0.409. The first-order chi connectivity index (χ1) is 11.8. The van der Waals surface area contributed by atoms with Crippen molar-refractivity contribution in [1.29, 1.82) is 0 Å². The highest BCUT2D eigenvalue weighted by Gasteiger charge is 2.40. The Balaban J connectivity index is 1.70. The number of amides is 1. The molecule has 0 bridgehead atoms. The summed E-state index contributed by atoms with van der Waals surface area (Å²) in [5.41, 5.74) is 1.49. The Kier molecular flexibility index (Phi) is 4.75. The number of carbonyl (C=O) groups excluding carboxylic acids is 1. The van der Waals surface area contributed by atoms with E-state index in [-0.39, 0.29) is 23.9 Å². The summed E-state index contributed by atoms with van der Waals surface area (Å²) >= 11 is 5.81. The molecular weight excluding hydrogens is 360 g/mol. The van der Waals surface area contributed by atoms with Crippen LogP contribution in [0.4, 0.5) is 5.69 Å². The van der Waals surface area contributed by atoms with E-state index in [0.717, 1.165) is 5.69 Å². The van der Waals surface area contributed by atoms with Crippen LogP contribution < -0.4 is 4.90 Å². The zero-order valence-corrected chi connectivity index (χ0v) is 15.6. The molecular formula is C18H19ClN2O3S. The molecule has 1 aliphatic rings. The van der Waals surface area contributed by atoms with E-state index in [0.29, 0.717) is 10.6 Å². The van der Waals surface area contributed by atoms with Crippen LogP contribution in [-0.4, -0.2) is 51.7 Å². The quantitative estimate of drug-likeness (QED) is 0.820. The predicted octanol–water partition coefficient (Wildman–Crippen LogP) is 2.70. The van der Waals surface area contributed by atoms with Crippen molar-refractivity contribution < 1.29 is 13.2 Å². The predicted molar refractivity (Wildman–Crippen MR) is 99.1 cm³/mol. The molecule has 5 nitrogen and oxygen atoms in total. The molecule has 0 radical (unpaired) electrons. The molecule has 0 atom stereocenters. The molecule has 1 saturated heterocycles. The number of rotatable bonds is 4. The molecule has 2 aromatic carbocycles. The van der Waals surface area contributed by atoms with Crippen LogP contribution in [0.25, 0.3) is 0 Å². The number of hydrogen-bond acceptors (Lipinski definition) is 4. The minimum atomic E-state index is -3.45. The molecule has 1 amide bonds. The highest BCUT2D eigenvalue weighted by Crippen LogP contribution is 2.26. The molecule has 0 aromatic heterocycles. The zero-order valence-electron chi connectivity index (χ0n) is 14.0. The lowest BCUT2D eigenvalue weighted by Crippen LogP contribution is -2.56. The van der Waals surface area contributed by atoms with Crippen LogP contribution in [-0.2, 0) is 9.84 Å². The summed E-state index contributed by atoms with van der Waals surface area (Å²) in [6.07, 6.45) is 0. The van der Waals surface area contributed by atoms with Crippen LogP contribution in [0.2, 0.25) is 5.02 Å². The fourth-order valence-corrected chi connectivity index (χ4v) is 4.50. The third-order valence-corrected chi connectivity index (χ3v) is 6.68. The molecule has 0 saturated carbocycles. The second-order valence-corrected chi connectivity index (χ2v) is 8.94. The van der Waals surface area contributed by atoms with E-state index in [9.17, 15) is 13.2 Å². The highest BCUT2D eigenvalue weighted by molar-refractivity contribution is 7.92. The average Bonchev–Trinajstić information content (AvgIpc) is 2.53. The first kappa shape index (κ1) is 17.8. The van der Waals surface area contributed by atoms with Gasteiger partial charge in [-0.25, -0.2) is 8.42 Å². The van der Waals surface area contributed by atoms with Gasteiger partial charge in [-0.3, -0.25) is 4.79 Å². The molecule has 25 heavy (non-hydrogen) atoms. The smallest absolute Gasteiger partial charge is 0.254 e. The second-order valence-electron chi connectivity index (χ2n) is 6.28. The largest absolute Gasteiger partial charge is 0.378 e. The monoisotopic (exact) mass is 378 g/mol. The molecule has 1 fully saturated rings. The summed E-state index contributed by atoms with van der Waals surface area (Å²) in [5, 5.41) is -0.0835. The normalized spacial score (nSPS) is 14.9. The third-order valence-electron chi connectivity index (χ3n) is 4.33. The second kappa shape index (κ2) is 6.69. The van der Waals surface area contributed by atoms with Gasteiger partial charge in [-0.15, -0.1) is 0 Å². The van der Waals surface area contributed by atoms with E-state index >= 15 is 0 Å². The maximum atomic E-state index is 12.6. The van der Waals surface area contributed by atoms with Crippen LogP contribution in [0.1, 0.15) is 10.4 Å². The molecule has 7 heteroatoms. The van der Waals surface area contributed by atoms with Crippen molar-refractivity contribution in [2.24, 2.45) is 0 Å². The number of sulfone groups is 1. The van der Waals surface area contributed by atoms with E-state index in [4.69, 9.17) is 11.6 Å². The Labute approximate surface area is 152 Å². The summed E-state index contributed by atoms with van der Waals surface area (Å²) in [6, 6.07) is 13.4. The SMILES string of the molecule is CN(C)c1cccc(C(=O)N2CC(S(=O)(=O)c3ccc(Cl)cc3)C2)c1. The maximum Gasteiger partial charge on any atom is 0.254 e. The summed E-state index contributed by atoms with van der Waals surface area (Å²) < 4.78 is 25.2. The van der Waals surface area contributed by atoms with E-state index in [1.807, 2.05) is 37.2 Å². The lowest BCUT2D eigenvalue weighted by Gasteiger charge is -2.38. The first-order valence-corrected chi connectivity index (χ1v) is 9.77. The van der Waals surface area contributed by atoms with Crippen LogP contribution in [0, 0.1) is 0 Å². The van der Waals surface area contributed by atoms with Gasteiger partial charge in [0.2, 0.25) is 0 Å². The average molecular weight is 379 g/mol. The first-order valence-electron chi connectivity index (χ1n) is 7.85. The molecule has 3 rings (SSSR count). The number of halogens is 1. The van der Waals surface area contributed by atoms with Crippen molar-refractivity contribution in [2.75, 3.05) is 32.1 Å². The lowest BCUT2D eigenvalue weighted by atomic mass is 10.1. The van der Waals surface area contributed by atoms with E-state index in [1.165, 1.54) is 12.1 Å². The van der Waals surface area contributed by atoms with Gasteiger partial charge in [0.25, 0.3) is 5.91 Å². The van der Waals surface area contributed by atoms with E-state index in [2.05, 4.69) is 0 Å². The highest BCUT2D eigenvalue weighted by atomic mass is 35.5. The third kappa shape index (κ3) is 3.50. The topological polar surface area (TPSA) is 57.7 Å². The van der Waals surface area contributed by atoms with Gasteiger partial charge in [-0.1, -0.05) is 17.7 Å². The molecule has 0 unspecified atom stereocenters. The van der Waals surface area contributed by atoms with Crippen molar-refractivity contribution in [3.63, 3.8) is 0 Å². The molecule has 1 heterocycles. The van der Waals surface area contributed by atoms with Gasteiger partial charge in [0, 0.05) is 43.5 Å². The Hall–Kier alpha value is -2.05. The van der Waals surface area contributed by atoms with Gasteiger partial charge in [0.15, 0.2) is 9.84 Å². The maximum absolute atomic E-state index is 12.6. The fourth-order valence-electron chi connectivity index (χ4n) is 2.72. The van der Waals surface area contributed by atoms with Gasteiger partial charge in [0.05, 0.1) is 4.90 Å². The summed E-state index contributed by atoms with van der Waals surface area (Å²) in [4.78, 5) is 16.3. The van der Waals surface area contributed by atoms with Crippen LogP contribution in [0.15, 0.2) is 53.4 Å². The van der Waals surface area contributed by atoms with Gasteiger partial charge >= 0.3 is 0 Å². The van der Waals surface area contributed by atoms with Crippen molar-refractivity contribution >= 4 is 33.0 Å². The van der Waals surface area contributed by atoms with E-state index in [1.54, 1.807) is 23.1 Å². The van der Waals surface area contributed by atoms with Crippen molar-refractivity contribution in [1.82, 2.24) is 4.90 Å². The number of carbonyl (C=O) groups is 1. The summed E-state index contributed by atoms with van der Waals surface area (Å²) in [7, 11) is 0.359. The van der Waals surface area contributed by atoms with Crippen LogP contribution in [0.5, 0.6) is 0 Å². The van der Waals surface area contributed by atoms with Crippen LogP contribution in [0.3, 0.4) is 0 Å². The Morgan fingerprint density at radius 1 is 1.12 bits per heavy atom. The molecule has 0 aliphatic carbocycles. The Bertz CT molecular complexity index is 889. The van der Waals surface area contributed by atoms with Gasteiger partial charge < -0.3 is 9.80 Å². The molecule has 132 valence electrons. The van der Waals surface area contributed by atoms with Crippen LogP contribution >= 0.6 is 11.6 Å². The number of benzene rings is 2. The molecule has 0 N–H and O–H groups in total. The standard InChI is InChI=1S/C18H19ClN2O3S/c1-20(2)15-5-3-4-13(10-15)18(22)21-11-17(12-21)25(23,24)16-8-6-14(19)7-9-16/h3-10,17H,11-12H2,1-2H3. The molecule has 2 aromatic rings. The van der Waals surface area contributed by atoms with Crippen molar-refractivity contribution in [3.8, 4) is 0 Å². The minimum absolute atomic E-state index is 0.147. The van der Waals surface area contributed by atoms with E-state index < -0.39 is 15.1 Å². The van der Waals surface area contributed by atoms with Crippen molar-refractivity contribution in [3.05, 3.63) is 59.1 Å². The number of likely N-dealkylation sites (tertiary alicyclic amines) is 1. The van der Waals surface area contributed by atoms with Crippen molar-refractivity contribution in [2.45, 2.75) is 10.1 Å². The minimum Gasteiger partial charge on any atom is -0.378 e. The Morgan fingerprint density at radius 3 is 2.36 bits per heavy atom. The molecule has 1 aliphatic heterocycles. The van der Waals surface area contributed by atoms with Gasteiger partial charge in [0.1, 0.15) is 5.25 Å². The molecule has 0 spiro atoms. The van der Waals surface area contributed by atoms with Gasteiger partial charge in [-0.05, 0) is 42.5 Å². The number of hydrogen-bond donors (Lipinski definition) is 0. The van der Waals surface area contributed by atoms with Gasteiger partial charge in [-0.2, -0.15) is 0 Å². The number of nitrogens with zero attached hydrogens (tertiary/aromatic N) is 2.